The average Bonchev–Trinajstić information content (AvgIpc) is 2.45. The van der Waals surface area contributed by atoms with Crippen LogP contribution >= 0.6 is 0 Å². The molecule has 94 valence electrons. The molecule has 0 radical (unpaired) electrons. The topological polar surface area (TPSA) is 78.2 Å². The van der Waals surface area contributed by atoms with Crippen molar-refractivity contribution in [1.29, 1.82) is 0 Å². The van der Waals surface area contributed by atoms with Crippen LogP contribution in [0.1, 0.15) is 12.8 Å². The SMILES string of the molecule is COC1=CCCC(OC)=C1.[C-]#[O+].[C-]#[O+].[C-]#[O+].[Fe]. The van der Waals surface area contributed by atoms with Gasteiger partial charge in [-0.15, -0.1) is 0 Å². The van der Waals surface area contributed by atoms with Crippen LogP contribution in [0.2, 0.25) is 0 Å². The van der Waals surface area contributed by atoms with Gasteiger partial charge in [0.2, 0.25) is 0 Å². The molecule has 6 heteroatoms. The normalized spacial score (nSPS) is 10.6. The second-order valence-electron chi connectivity index (χ2n) is 2.16. The van der Waals surface area contributed by atoms with E-state index in [1.165, 1.54) is 0 Å². The maximum atomic E-state index is 7.50. The van der Waals surface area contributed by atoms with E-state index in [1.807, 2.05) is 6.08 Å². The Balaban J connectivity index is -0.000000106. The first kappa shape index (κ1) is 24.9. The third kappa shape index (κ3) is 14.8. The monoisotopic (exact) mass is 280 g/mol. The Morgan fingerprint density at radius 3 is 1.82 bits per heavy atom. The molecule has 0 aromatic heterocycles. The Morgan fingerprint density at radius 1 is 1.00 bits per heavy atom. The quantitative estimate of drug-likeness (QED) is 0.438. The summed E-state index contributed by atoms with van der Waals surface area (Å²) in [6.45, 7) is 13.5. The number of rotatable bonds is 2. The van der Waals surface area contributed by atoms with Crippen molar-refractivity contribution in [3.63, 3.8) is 0 Å². The van der Waals surface area contributed by atoms with Crippen molar-refractivity contribution in [1.82, 2.24) is 0 Å². The average molecular weight is 280 g/mol. The first-order valence-electron chi connectivity index (χ1n) is 3.96. The van der Waals surface area contributed by atoms with Crippen LogP contribution in [0, 0.1) is 20.0 Å². The van der Waals surface area contributed by atoms with E-state index in [0.29, 0.717) is 0 Å². The predicted octanol–water partition coefficient (Wildman–Crippen LogP) is 1.73. The number of allylic oxidation sites excluding steroid dienone is 3. The summed E-state index contributed by atoms with van der Waals surface area (Å²) in [5.74, 6) is 1.91. The van der Waals surface area contributed by atoms with Gasteiger partial charge in [-0.2, -0.15) is 0 Å². The molecule has 0 saturated carbocycles. The molecule has 0 unspecified atom stereocenters. The Labute approximate surface area is 111 Å². The van der Waals surface area contributed by atoms with E-state index < -0.39 is 0 Å². The summed E-state index contributed by atoms with van der Waals surface area (Å²) >= 11 is 0. The molecule has 1 aliphatic carbocycles. The predicted molar refractivity (Wildman–Crippen MR) is 51.2 cm³/mol. The van der Waals surface area contributed by atoms with Crippen LogP contribution in [0.3, 0.4) is 0 Å². The first-order valence-corrected chi connectivity index (χ1v) is 3.96. The van der Waals surface area contributed by atoms with E-state index >= 15 is 0 Å². The maximum absolute atomic E-state index is 7.50. The minimum absolute atomic E-state index is 0. The molecule has 17 heavy (non-hydrogen) atoms. The van der Waals surface area contributed by atoms with Crippen LogP contribution in [-0.4, -0.2) is 14.2 Å². The van der Waals surface area contributed by atoms with Gasteiger partial charge in [-0.1, -0.05) is 0 Å². The van der Waals surface area contributed by atoms with Crippen molar-refractivity contribution in [3.8, 4) is 0 Å². The minimum Gasteiger partial charge on any atom is 0 e. The molecule has 0 atom stereocenters. The van der Waals surface area contributed by atoms with Gasteiger partial charge < -0.3 is 9.47 Å². The molecule has 0 aliphatic heterocycles. The Hall–Kier alpha value is -1.18. The van der Waals surface area contributed by atoms with E-state index in [2.05, 4.69) is 26.0 Å². The van der Waals surface area contributed by atoms with E-state index in [1.54, 1.807) is 14.2 Å². The first-order chi connectivity index (χ1) is 7.86. The van der Waals surface area contributed by atoms with Crippen LogP contribution in [0.5, 0.6) is 0 Å². The van der Waals surface area contributed by atoms with Crippen LogP contribution in [0.25, 0.3) is 0 Å². The summed E-state index contributed by atoms with van der Waals surface area (Å²) in [4.78, 5) is 0. The molecule has 1 aliphatic rings. The Morgan fingerprint density at radius 2 is 1.47 bits per heavy atom. The zero-order valence-corrected chi connectivity index (χ0v) is 10.6. The van der Waals surface area contributed by atoms with E-state index in [4.69, 9.17) is 23.4 Å². The molecule has 0 aromatic rings. The van der Waals surface area contributed by atoms with Crippen molar-refractivity contribution in [2.45, 2.75) is 12.8 Å². The smallest absolute Gasteiger partial charge is 0 e. The van der Waals surface area contributed by atoms with Crippen LogP contribution < -0.4 is 0 Å². The summed E-state index contributed by atoms with van der Waals surface area (Å²) in [6, 6.07) is 0. The minimum atomic E-state index is 0. The van der Waals surface area contributed by atoms with Gasteiger partial charge in [-0.25, -0.2) is 0 Å². The molecular weight excluding hydrogens is 268 g/mol. The molecule has 1 rings (SSSR count). The van der Waals surface area contributed by atoms with E-state index in [-0.39, 0.29) is 17.1 Å². The van der Waals surface area contributed by atoms with E-state index in [0.717, 1.165) is 24.4 Å². The summed E-state index contributed by atoms with van der Waals surface area (Å²) < 4.78 is 32.6. The molecule has 0 heterocycles. The standard InChI is InChI=1S/C8H12O2.3CO.Fe/c1-9-7-4-3-5-8(6-7)10-2;3*1-2;/h4,6H,3,5H2,1-2H3;;;;. The summed E-state index contributed by atoms with van der Waals surface area (Å²) in [7, 11) is 3.35. The molecule has 0 amide bonds. The number of ether oxygens (including phenoxy) is 2. The summed E-state index contributed by atoms with van der Waals surface area (Å²) in [6.07, 6.45) is 5.98. The number of hydrogen-bond acceptors (Lipinski definition) is 2. The van der Waals surface area contributed by atoms with Crippen LogP contribution in [-0.2, 0) is 40.5 Å². The third-order valence-corrected chi connectivity index (χ3v) is 1.54. The molecular formula is C11H12FeO5. The molecule has 0 saturated heterocycles. The van der Waals surface area contributed by atoms with Gasteiger partial charge in [-0.05, 0) is 12.5 Å². The Kier molecular flexibility index (Phi) is 35.4. The van der Waals surface area contributed by atoms with Crippen molar-refractivity contribution in [2.24, 2.45) is 0 Å². The molecule has 0 aromatic carbocycles. The molecule has 0 bridgehead atoms. The van der Waals surface area contributed by atoms with Crippen molar-refractivity contribution >= 4 is 0 Å². The summed E-state index contributed by atoms with van der Waals surface area (Å²) in [5.41, 5.74) is 0. The van der Waals surface area contributed by atoms with Crippen LogP contribution in [0.4, 0.5) is 0 Å². The summed E-state index contributed by atoms with van der Waals surface area (Å²) in [5, 5.41) is 0. The molecule has 0 N–H and O–H groups in total. The molecule has 0 spiro atoms. The van der Waals surface area contributed by atoms with Crippen molar-refractivity contribution < 1.29 is 40.5 Å². The largest absolute Gasteiger partial charge is 0 e. The Bertz CT molecular complexity index is 261. The third-order valence-electron chi connectivity index (χ3n) is 1.54. The van der Waals surface area contributed by atoms with Crippen LogP contribution in [0.15, 0.2) is 23.7 Å². The van der Waals surface area contributed by atoms with Gasteiger partial charge in [0.05, 0.1) is 20.0 Å². The van der Waals surface area contributed by atoms with E-state index in [9.17, 15) is 0 Å². The van der Waals surface area contributed by atoms with Gasteiger partial charge in [0.15, 0.2) is 0 Å². The molecule has 0 fully saturated rings. The second-order valence-corrected chi connectivity index (χ2v) is 2.16. The second kappa shape index (κ2) is 24.2. The van der Waals surface area contributed by atoms with Gasteiger partial charge in [0, 0.05) is 29.6 Å². The zero-order valence-electron chi connectivity index (χ0n) is 9.46. The fourth-order valence-electron chi connectivity index (χ4n) is 0.950. The van der Waals surface area contributed by atoms with Gasteiger partial charge in [0.25, 0.3) is 0 Å². The zero-order chi connectivity index (χ0) is 13.4. The van der Waals surface area contributed by atoms with Gasteiger partial charge >= 0.3 is 33.9 Å². The van der Waals surface area contributed by atoms with Crippen molar-refractivity contribution in [2.75, 3.05) is 14.2 Å². The maximum Gasteiger partial charge on any atom is 0 e. The van der Waals surface area contributed by atoms with Gasteiger partial charge in [0.1, 0.15) is 5.76 Å². The van der Waals surface area contributed by atoms with Crippen molar-refractivity contribution in [3.05, 3.63) is 43.6 Å². The fraction of sp³-hybridized carbons (Fsp3) is 0.364. The number of methoxy groups -OCH3 is 2. The molecule has 5 nitrogen and oxygen atoms in total. The fourth-order valence-corrected chi connectivity index (χ4v) is 0.950. The van der Waals surface area contributed by atoms with Gasteiger partial charge in [-0.3, -0.25) is 0 Å². The number of hydrogen-bond donors (Lipinski definition) is 0.